The van der Waals surface area contributed by atoms with Crippen LogP contribution in [0.25, 0.3) is 0 Å². The molecule has 0 unspecified atom stereocenters. The van der Waals surface area contributed by atoms with Crippen molar-refractivity contribution in [2.75, 3.05) is 32.8 Å². The maximum Gasteiger partial charge on any atom is 0.251 e. The lowest BCUT2D eigenvalue weighted by atomic mass is 10.1. The molecule has 0 aromatic heterocycles. The Kier molecular flexibility index (Phi) is 8.66. The Hall–Kier alpha value is -1.43. The molecule has 0 saturated heterocycles. The van der Waals surface area contributed by atoms with Gasteiger partial charge in [0.2, 0.25) is 0 Å². The number of nitrogens with one attached hydrogen (secondary N) is 2. The Balaban J connectivity index is 2.18. The summed E-state index contributed by atoms with van der Waals surface area (Å²) in [4.78, 5) is 11.9. The zero-order valence-corrected chi connectivity index (χ0v) is 13.1. The maximum absolute atomic E-state index is 11.9. The average molecular weight is 294 g/mol. The summed E-state index contributed by atoms with van der Waals surface area (Å²) in [6.45, 7) is 8.97. The molecule has 2 N–H and O–H groups in total. The zero-order valence-electron chi connectivity index (χ0n) is 13.1. The molecule has 5 heteroatoms. The molecular formula is C16H26N2O3. The lowest BCUT2D eigenvalue weighted by Gasteiger charge is -2.17. The number of hydrogen-bond donors (Lipinski definition) is 2. The minimum Gasteiger partial charge on any atom is -0.352 e. The van der Waals surface area contributed by atoms with E-state index in [9.17, 15) is 4.79 Å². The first-order valence-corrected chi connectivity index (χ1v) is 7.46. The van der Waals surface area contributed by atoms with Crippen LogP contribution in [0.4, 0.5) is 0 Å². The van der Waals surface area contributed by atoms with Gasteiger partial charge in [0.1, 0.15) is 0 Å². The smallest absolute Gasteiger partial charge is 0.251 e. The number of amides is 1. The van der Waals surface area contributed by atoms with Gasteiger partial charge in [-0.25, -0.2) is 0 Å². The number of carbonyl (C=O) groups is 1. The van der Waals surface area contributed by atoms with Crippen molar-refractivity contribution in [1.82, 2.24) is 10.6 Å². The second-order valence-electron chi connectivity index (χ2n) is 4.67. The lowest BCUT2D eigenvalue weighted by molar-refractivity contribution is -0.132. The summed E-state index contributed by atoms with van der Waals surface area (Å²) in [5.41, 5.74) is 1.83. The van der Waals surface area contributed by atoms with Crippen molar-refractivity contribution in [1.29, 1.82) is 0 Å². The molecule has 0 saturated carbocycles. The van der Waals surface area contributed by atoms with Crippen LogP contribution in [0.3, 0.4) is 0 Å². The molecule has 0 aliphatic heterocycles. The number of carbonyl (C=O) groups excluding carboxylic acids is 1. The van der Waals surface area contributed by atoms with Gasteiger partial charge in [0, 0.05) is 38.4 Å². The van der Waals surface area contributed by atoms with Crippen LogP contribution in [0.15, 0.2) is 24.3 Å². The number of ether oxygens (including phenoxy) is 2. The van der Waals surface area contributed by atoms with Crippen molar-refractivity contribution in [2.45, 2.75) is 27.1 Å². The summed E-state index contributed by atoms with van der Waals surface area (Å²) in [6.07, 6.45) is -0.229. The lowest BCUT2D eigenvalue weighted by Crippen LogP contribution is -2.37. The van der Waals surface area contributed by atoms with E-state index in [0.717, 1.165) is 5.56 Å². The van der Waals surface area contributed by atoms with E-state index < -0.39 is 0 Å². The third kappa shape index (κ3) is 7.22. The van der Waals surface area contributed by atoms with Crippen molar-refractivity contribution in [3.8, 4) is 0 Å². The molecule has 0 spiro atoms. The molecule has 0 fully saturated rings. The van der Waals surface area contributed by atoms with Crippen LogP contribution in [-0.4, -0.2) is 45.0 Å². The first-order valence-electron chi connectivity index (χ1n) is 7.46. The molecule has 0 heterocycles. The van der Waals surface area contributed by atoms with E-state index in [4.69, 9.17) is 9.47 Å². The number of hydrogen-bond acceptors (Lipinski definition) is 4. The fraction of sp³-hybridized carbons (Fsp3) is 0.562. The predicted molar refractivity (Wildman–Crippen MR) is 83.4 cm³/mol. The van der Waals surface area contributed by atoms with Gasteiger partial charge in [-0.1, -0.05) is 17.7 Å². The van der Waals surface area contributed by atoms with Gasteiger partial charge in [-0.15, -0.1) is 0 Å². The van der Waals surface area contributed by atoms with E-state index in [1.807, 2.05) is 45.0 Å². The van der Waals surface area contributed by atoms with Gasteiger partial charge in [-0.3, -0.25) is 4.79 Å². The van der Waals surface area contributed by atoms with E-state index in [2.05, 4.69) is 10.6 Å². The van der Waals surface area contributed by atoms with Crippen LogP contribution in [0.1, 0.15) is 29.8 Å². The van der Waals surface area contributed by atoms with Crippen molar-refractivity contribution in [2.24, 2.45) is 0 Å². The second kappa shape index (κ2) is 10.3. The zero-order chi connectivity index (χ0) is 15.5. The third-order valence-corrected chi connectivity index (χ3v) is 2.92. The normalized spacial score (nSPS) is 10.9. The van der Waals surface area contributed by atoms with Gasteiger partial charge in [0.15, 0.2) is 6.29 Å². The fourth-order valence-electron chi connectivity index (χ4n) is 1.83. The minimum absolute atomic E-state index is 0.0528. The Morgan fingerprint density at radius 1 is 1.10 bits per heavy atom. The van der Waals surface area contributed by atoms with Crippen molar-refractivity contribution in [3.63, 3.8) is 0 Å². The molecule has 0 radical (unpaired) electrons. The van der Waals surface area contributed by atoms with E-state index >= 15 is 0 Å². The van der Waals surface area contributed by atoms with Gasteiger partial charge >= 0.3 is 0 Å². The summed E-state index contributed by atoms with van der Waals surface area (Å²) >= 11 is 0. The second-order valence-corrected chi connectivity index (χ2v) is 4.67. The van der Waals surface area contributed by atoms with Gasteiger partial charge in [0.25, 0.3) is 5.91 Å². The average Bonchev–Trinajstić information content (AvgIpc) is 2.47. The summed E-state index contributed by atoms with van der Waals surface area (Å²) in [5, 5.41) is 6.08. The van der Waals surface area contributed by atoms with Crippen LogP contribution < -0.4 is 10.6 Å². The Morgan fingerprint density at radius 2 is 1.71 bits per heavy atom. The first-order chi connectivity index (χ1) is 10.2. The molecular weight excluding hydrogens is 268 g/mol. The van der Waals surface area contributed by atoms with Gasteiger partial charge in [0.05, 0.1) is 0 Å². The van der Waals surface area contributed by atoms with Crippen LogP contribution >= 0.6 is 0 Å². The highest BCUT2D eigenvalue weighted by molar-refractivity contribution is 5.94. The molecule has 21 heavy (non-hydrogen) atoms. The maximum atomic E-state index is 11.9. The summed E-state index contributed by atoms with van der Waals surface area (Å²) in [7, 11) is 0. The molecule has 0 aliphatic carbocycles. The molecule has 5 nitrogen and oxygen atoms in total. The highest BCUT2D eigenvalue weighted by Gasteiger charge is 2.07. The van der Waals surface area contributed by atoms with Gasteiger partial charge in [-0.05, 0) is 32.9 Å². The van der Waals surface area contributed by atoms with Crippen LogP contribution in [0.2, 0.25) is 0 Å². The van der Waals surface area contributed by atoms with Crippen molar-refractivity contribution < 1.29 is 14.3 Å². The van der Waals surface area contributed by atoms with E-state index in [1.165, 1.54) is 0 Å². The highest BCUT2D eigenvalue weighted by Crippen LogP contribution is 2.02. The summed E-state index contributed by atoms with van der Waals surface area (Å²) < 4.78 is 10.8. The fourth-order valence-corrected chi connectivity index (χ4v) is 1.83. The molecule has 0 bridgehead atoms. The number of aryl methyl sites for hydroxylation is 1. The first kappa shape index (κ1) is 17.6. The largest absolute Gasteiger partial charge is 0.352 e. The van der Waals surface area contributed by atoms with Crippen molar-refractivity contribution in [3.05, 3.63) is 35.4 Å². The van der Waals surface area contributed by atoms with E-state index in [0.29, 0.717) is 38.4 Å². The molecule has 0 aliphatic rings. The number of benzene rings is 1. The van der Waals surface area contributed by atoms with Gasteiger partial charge < -0.3 is 20.1 Å². The van der Waals surface area contributed by atoms with Gasteiger partial charge in [-0.2, -0.15) is 0 Å². The predicted octanol–water partition coefficient (Wildman–Crippen LogP) is 1.71. The summed E-state index contributed by atoms with van der Waals surface area (Å²) in [6, 6.07) is 7.53. The molecule has 1 rings (SSSR count). The van der Waals surface area contributed by atoms with Crippen molar-refractivity contribution >= 4 is 5.91 Å². The molecule has 0 atom stereocenters. The van der Waals surface area contributed by atoms with E-state index in [1.54, 1.807) is 0 Å². The molecule has 118 valence electrons. The SMILES string of the molecule is CCOC(CNCCNC(=O)c1ccc(C)cc1)OCC. The molecule has 1 aromatic carbocycles. The topological polar surface area (TPSA) is 59.6 Å². The molecule has 1 amide bonds. The quantitative estimate of drug-likeness (QED) is 0.509. The molecule has 1 aromatic rings. The standard InChI is InChI=1S/C16H26N2O3/c1-4-20-15(21-5-2)12-17-10-11-18-16(19)14-8-6-13(3)7-9-14/h6-9,15,17H,4-5,10-12H2,1-3H3,(H,18,19). The van der Waals surface area contributed by atoms with Crippen LogP contribution in [0.5, 0.6) is 0 Å². The Labute approximate surface area is 127 Å². The van der Waals surface area contributed by atoms with E-state index in [-0.39, 0.29) is 12.2 Å². The Bertz CT molecular complexity index is 400. The van der Waals surface area contributed by atoms with Crippen LogP contribution in [-0.2, 0) is 9.47 Å². The summed E-state index contributed by atoms with van der Waals surface area (Å²) in [5.74, 6) is -0.0528. The highest BCUT2D eigenvalue weighted by atomic mass is 16.7. The van der Waals surface area contributed by atoms with Crippen LogP contribution in [0, 0.1) is 6.92 Å². The minimum atomic E-state index is -0.229. The number of rotatable bonds is 10. The monoisotopic (exact) mass is 294 g/mol. The Morgan fingerprint density at radius 3 is 2.29 bits per heavy atom. The third-order valence-electron chi connectivity index (χ3n) is 2.92.